The second kappa shape index (κ2) is 5.55. The molecule has 0 bridgehead atoms. The first kappa shape index (κ1) is 14.5. The highest BCUT2D eigenvalue weighted by atomic mass is 79.9. The number of aromatic amines is 1. The number of halogens is 2. The van der Waals surface area contributed by atoms with Crippen LogP contribution in [0.4, 0.5) is 0 Å². The Labute approximate surface area is 146 Å². The fourth-order valence-corrected chi connectivity index (χ4v) is 3.57. The van der Waals surface area contributed by atoms with E-state index in [2.05, 4.69) is 27.0 Å². The average molecular weight is 388 g/mol. The van der Waals surface area contributed by atoms with Crippen LogP contribution in [0.15, 0.2) is 53.1 Å². The molecular formula is C18H12BrClN2O. The van der Waals surface area contributed by atoms with Gasteiger partial charge in [0.15, 0.2) is 0 Å². The van der Waals surface area contributed by atoms with Crippen LogP contribution in [-0.4, -0.2) is 17.1 Å². The summed E-state index contributed by atoms with van der Waals surface area (Å²) in [7, 11) is 1.64. The zero-order valence-corrected chi connectivity index (χ0v) is 14.6. The Balaban J connectivity index is 1.97. The molecule has 0 radical (unpaired) electrons. The van der Waals surface area contributed by atoms with Crippen LogP contribution in [0, 0.1) is 0 Å². The number of pyridine rings is 1. The minimum atomic E-state index is 0.669. The van der Waals surface area contributed by atoms with E-state index in [1.165, 1.54) is 0 Å². The summed E-state index contributed by atoms with van der Waals surface area (Å²) in [5.41, 5.74) is 3.75. The second-order valence-electron chi connectivity index (χ2n) is 5.25. The van der Waals surface area contributed by atoms with Gasteiger partial charge in [-0.25, -0.2) is 4.98 Å². The van der Waals surface area contributed by atoms with Crippen LogP contribution in [0.1, 0.15) is 0 Å². The molecule has 0 unspecified atom stereocenters. The van der Waals surface area contributed by atoms with E-state index in [0.717, 1.165) is 43.3 Å². The number of H-pyrrole nitrogens is 1. The number of methoxy groups -OCH3 is 1. The van der Waals surface area contributed by atoms with Gasteiger partial charge in [-0.2, -0.15) is 0 Å². The van der Waals surface area contributed by atoms with Gasteiger partial charge in [0.2, 0.25) is 0 Å². The minimum Gasteiger partial charge on any atom is -0.495 e. The molecule has 0 atom stereocenters. The van der Waals surface area contributed by atoms with Crippen molar-refractivity contribution in [2.24, 2.45) is 0 Å². The first-order valence-electron chi connectivity index (χ1n) is 7.07. The maximum Gasteiger partial charge on any atom is 0.135 e. The van der Waals surface area contributed by atoms with E-state index in [1.54, 1.807) is 7.11 Å². The van der Waals surface area contributed by atoms with Crippen molar-refractivity contribution in [2.45, 2.75) is 0 Å². The molecule has 3 nitrogen and oxygen atoms in total. The summed E-state index contributed by atoms with van der Waals surface area (Å²) in [5.74, 6) is 0.735. The molecule has 0 aliphatic heterocycles. The summed E-state index contributed by atoms with van der Waals surface area (Å²) >= 11 is 10.0. The van der Waals surface area contributed by atoms with Crippen LogP contribution in [0.5, 0.6) is 5.75 Å². The van der Waals surface area contributed by atoms with Crippen molar-refractivity contribution in [3.05, 3.63) is 58.2 Å². The SMILES string of the molecule is COc1ccc2c(Cl)cc(-c3ccc4[nH]ccc4c3)nc2c1Br. The van der Waals surface area contributed by atoms with Crippen molar-refractivity contribution < 1.29 is 4.74 Å². The van der Waals surface area contributed by atoms with Crippen LogP contribution in [0.2, 0.25) is 5.02 Å². The molecule has 4 aromatic rings. The topological polar surface area (TPSA) is 37.9 Å². The lowest BCUT2D eigenvalue weighted by molar-refractivity contribution is 0.413. The molecule has 2 aromatic carbocycles. The predicted octanol–water partition coefficient (Wildman–Crippen LogP) is 5.81. The van der Waals surface area contributed by atoms with Gasteiger partial charge in [-0.05, 0) is 52.3 Å². The number of ether oxygens (including phenoxy) is 1. The second-order valence-corrected chi connectivity index (χ2v) is 6.45. The Morgan fingerprint density at radius 2 is 2.00 bits per heavy atom. The number of hydrogen-bond acceptors (Lipinski definition) is 2. The van der Waals surface area contributed by atoms with E-state index in [-0.39, 0.29) is 0 Å². The summed E-state index contributed by atoms with van der Waals surface area (Å²) in [6.45, 7) is 0. The maximum atomic E-state index is 6.47. The van der Waals surface area contributed by atoms with Gasteiger partial charge >= 0.3 is 0 Å². The Kier molecular flexibility index (Phi) is 3.51. The molecule has 0 saturated carbocycles. The maximum absolute atomic E-state index is 6.47. The number of aromatic nitrogens is 2. The molecule has 0 saturated heterocycles. The van der Waals surface area contributed by atoms with Gasteiger partial charge in [0.05, 0.1) is 27.8 Å². The Morgan fingerprint density at radius 1 is 1.13 bits per heavy atom. The van der Waals surface area contributed by atoms with Crippen molar-refractivity contribution in [3.63, 3.8) is 0 Å². The number of hydrogen-bond donors (Lipinski definition) is 1. The van der Waals surface area contributed by atoms with E-state index in [9.17, 15) is 0 Å². The average Bonchev–Trinajstić information content (AvgIpc) is 3.03. The molecule has 0 aliphatic carbocycles. The zero-order valence-electron chi connectivity index (χ0n) is 12.2. The first-order chi connectivity index (χ1) is 11.2. The molecule has 1 N–H and O–H groups in total. The minimum absolute atomic E-state index is 0.669. The van der Waals surface area contributed by atoms with Crippen molar-refractivity contribution in [2.75, 3.05) is 7.11 Å². The largest absolute Gasteiger partial charge is 0.495 e. The molecule has 0 amide bonds. The Hall–Kier alpha value is -2.04. The van der Waals surface area contributed by atoms with Crippen LogP contribution in [0.3, 0.4) is 0 Å². The molecule has 5 heteroatoms. The molecule has 2 aromatic heterocycles. The van der Waals surface area contributed by atoms with Crippen molar-refractivity contribution in [1.82, 2.24) is 9.97 Å². The number of nitrogens with zero attached hydrogens (tertiary/aromatic N) is 1. The third-order valence-electron chi connectivity index (χ3n) is 3.90. The lowest BCUT2D eigenvalue weighted by Crippen LogP contribution is -1.91. The highest BCUT2D eigenvalue weighted by Gasteiger charge is 2.12. The van der Waals surface area contributed by atoms with Gasteiger partial charge in [-0.15, -0.1) is 0 Å². The zero-order chi connectivity index (χ0) is 16.0. The molecule has 0 aliphatic rings. The normalized spacial score (nSPS) is 11.3. The summed E-state index contributed by atoms with van der Waals surface area (Å²) in [6.07, 6.45) is 1.93. The van der Waals surface area contributed by atoms with Crippen LogP contribution in [0.25, 0.3) is 33.1 Å². The molecular weight excluding hydrogens is 376 g/mol. The number of fused-ring (bicyclic) bond motifs is 2. The number of rotatable bonds is 2. The number of benzene rings is 2. The molecule has 114 valence electrons. The Morgan fingerprint density at radius 3 is 2.83 bits per heavy atom. The van der Waals surface area contributed by atoms with Gasteiger partial charge in [0.25, 0.3) is 0 Å². The van der Waals surface area contributed by atoms with Crippen molar-refractivity contribution >= 4 is 49.3 Å². The van der Waals surface area contributed by atoms with Crippen molar-refractivity contribution in [1.29, 1.82) is 0 Å². The standard InChI is InChI=1S/C18H12BrClN2O/c1-23-16-5-3-12-13(20)9-15(22-18(12)17(16)19)10-2-4-14-11(8-10)6-7-21-14/h2-9,21H,1H3. The number of nitrogens with one attached hydrogen (secondary N) is 1. The lowest BCUT2D eigenvalue weighted by atomic mass is 10.1. The fourth-order valence-electron chi connectivity index (χ4n) is 2.72. The lowest BCUT2D eigenvalue weighted by Gasteiger charge is -2.10. The predicted molar refractivity (Wildman–Crippen MR) is 98.3 cm³/mol. The summed E-state index contributed by atoms with van der Waals surface area (Å²) < 4.78 is 6.16. The first-order valence-corrected chi connectivity index (χ1v) is 8.25. The third-order valence-corrected chi connectivity index (χ3v) is 4.98. The molecule has 4 rings (SSSR count). The smallest absolute Gasteiger partial charge is 0.135 e. The van der Waals surface area contributed by atoms with E-state index >= 15 is 0 Å². The summed E-state index contributed by atoms with van der Waals surface area (Å²) in [4.78, 5) is 7.98. The van der Waals surface area contributed by atoms with Crippen LogP contribution in [-0.2, 0) is 0 Å². The molecule has 0 spiro atoms. The Bertz CT molecular complexity index is 1040. The van der Waals surface area contributed by atoms with E-state index in [4.69, 9.17) is 21.3 Å². The van der Waals surface area contributed by atoms with Gasteiger partial charge in [-0.3, -0.25) is 0 Å². The molecule has 2 heterocycles. The summed E-state index contributed by atoms with van der Waals surface area (Å²) in [5, 5.41) is 2.71. The summed E-state index contributed by atoms with van der Waals surface area (Å²) in [6, 6.07) is 13.9. The van der Waals surface area contributed by atoms with Crippen molar-refractivity contribution in [3.8, 4) is 17.0 Å². The third kappa shape index (κ3) is 2.38. The van der Waals surface area contributed by atoms with Gasteiger partial charge in [-0.1, -0.05) is 17.7 Å². The van der Waals surface area contributed by atoms with E-state index in [0.29, 0.717) is 5.02 Å². The van der Waals surface area contributed by atoms with Gasteiger partial charge in [0.1, 0.15) is 5.75 Å². The monoisotopic (exact) mass is 386 g/mol. The van der Waals surface area contributed by atoms with Crippen LogP contribution < -0.4 is 4.74 Å². The molecule has 0 fully saturated rings. The fraction of sp³-hybridized carbons (Fsp3) is 0.0556. The van der Waals surface area contributed by atoms with Crippen LogP contribution >= 0.6 is 27.5 Å². The highest BCUT2D eigenvalue weighted by Crippen LogP contribution is 2.37. The quantitative estimate of drug-likeness (QED) is 0.471. The highest BCUT2D eigenvalue weighted by molar-refractivity contribution is 9.10. The molecule has 23 heavy (non-hydrogen) atoms. The van der Waals surface area contributed by atoms with E-state index < -0.39 is 0 Å². The van der Waals surface area contributed by atoms with Gasteiger partial charge < -0.3 is 9.72 Å². The van der Waals surface area contributed by atoms with Gasteiger partial charge in [0, 0.05) is 28.0 Å². The van der Waals surface area contributed by atoms with E-state index in [1.807, 2.05) is 42.6 Å².